The zero-order valence-corrected chi connectivity index (χ0v) is 9.59. The number of fused-ring (bicyclic) bond motifs is 1. The molecule has 15 heavy (non-hydrogen) atoms. The van der Waals surface area contributed by atoms with E-state index in [-0.39, 0.29) is 5.78 Å². The molecule has 1 aromatic rings. The molecule has 1 saturated carbocycles. The molecule has 3 nitrogen and oxygen atoms in total. The molecule has 1 aliphatic carbocycles. The molecule has 0 N–H and O–H groups in total. The maximum Gasteiger partial charge on any atom is 0.185 e. The number of anilines is 1. The van der Waals surface area contributed by atoms with E-state index in [0.717, 1.165) is 34.9 Å². The van der Waals surface area contributed by atoms with Crippen LogP contribution < -0.4 is 4.90 Å². The fourth-order valence-electron chi connectivity index (χ4n) is 2.49. The normalized spacial score (nSPS) is 28.7. The molecular formula is C11H14N2OS. The quantitative estimate of drug-likeness (QED) is 0.719. The van der Waals surface area contributed by atoms with Gasteiger partial charge in [-0.3, -0.25) is 4.79 Å². The van der Waals surface area contributed by atoms with Gasteiger partial charge in [0.2, 0.25) is 0 Å². The lowest BCUT2D eigenvalue weighted by atomic mass is 9.77. The van der Waals surface area contributed by atoms with Gasteiger partial charge in [-0.05, 0) is 24.7 Å². The molecule has 2 fully saturated rings. The van der Waals surface area contributed by atoms with Gasteiger partial charge in [0.15, 0.2) is 10.9 Å². The van der Waals surface area contributed by atoms with Crippen molar-refractivity contribution in [3.05, 3.63) is 11.1 Å². The van der Waals surface area contributed by atoms with Gasteiger partial charge in [0.25, 0.3) is 0 Å². The Morgan fingerprint density at radius 2 is 2.13 bits per heavy atom. The van der Waals surface area contributed by atoms with Gasteiger partial charge < -0.3 is 4.90 Å². The van der Waals surface area contributed by atoms with E-state index in [1.54, 1.807) is 13.1 Å². The van der Waals surface area contributed by atoms with Crippen LogP contribution in [0.2, 0.25) is 0 Å². The second-order valence-electron chi connectivity index (χ2n) is 4.57. The maximum absolute atomic E-state index is 11.2. The van der Waals surface area contributed by atoms with E-state index in [4.69, 9.17) is 0 Å². The first kappa shape index (κ1) is 9.33. The summed E-state index contributed by atoms with van der Waals surface area (Å²) in [6, 6.07) is 0. The van der Waals surface area contributed by atoms with Crippen molar-refractivity contribution in [1.29, 1.82) is 0 Å². The highest BCUT2D eigenvalue weighted by molar-refractivity contribution is 7.17. The zero-order valence-electron chi connectivity index (χ0n) is 8.77. The minimum absolute atomic E-state index is 0.126. The number of aromatic nitrogens is 1. The highest BCUT2D eigenvalue weighted by Crippen LogP contribution is 2.42. The molecule has 0 radical (unpaired) electrons. The minimum atomic E-state index is 0.126. The van der Waals surface area contributed by atoms with Crippen LogP contribution in [-0.2, 0) is 0 Å². The molecule has 2 heterocycles. The van der Waals surface area contributed by atoms with Crippen LogP contribution in [0.1, 0.15) is 29.4 Å². The number of carbonyl (C=O) groups excluding carboxylic acids is 1. The molecule has 2 unspecified atom stereocenters. The molecule has 0 bridgehead atoms. The maximum atomic E-state index is 11.2. The Morgan fingerprint density at radius 1 is 1.47 bits per heavy atom. The molecule has 2 atom stereocenters. The number of thiazole rings is 1. The molecule has 1 aliphatic heterocycles. The summed E-state index contributed by atoms with van der Waals surface area (Å²) in [5.41, 5.74) is 0. The van der Waals surface area contributed by atoms with Gasteiger partial charge in [0.1, 0.15) is 0 Å². The van der Waals surface area contributed by atoms with Crippen molar-refractivity contribution in [1.82, 2.24) is 4.98 Å². The van der Waals surface area contributed by atoms with Crippen molar-refractivity contribution in [2.24, 2.45) is 11.8 Å². The fourth-order valence-corrected chi connectivity index (χ4v) is 3.32. The molecule has 4 heteroatoms. The number of nitrogens with zero attached hydrogens (tertiary/aromatic N) is 2. The summed E-state index contributed by atoms with van der Waals surface area (Å²) >= 11 is 1.54. The molecular weight excluding hydrogens is 208 g/mol. The van der Waals surface area contributed by atoms with Crippen LogP contribution in [0.25, 0.3) is 0 Å². The predicted molar refractivity (Wildman–Crippen MR) is 60.5 cm³/mol. The summed E-state index contributed by atoms with van der Waals surface area (Å²) < 4.78 is 0. The van der Waals surface area contributed by atoms with Gasteiger partial charge in [0, 0.05) is 20.0 Å². The molecule has 2 aliphatic rings. The number of carbonyl (C=O) groups is 1. The molecule has 0 spiro atoms. The van der Waals surface area contributed by atoms with E-state index in [1.807, 2.05) is 0 Å². The number of Topliss-reactive ketones (excluding diaryl/α,β-unsaturated/α-hetero) is 1. The average molecular weight is 222 g/mol. The summed E-state index contributed by atoms with van der Waals surface area (Å²) in [6.07, 6.45) is 4.47. The van der Waals surface area contributed by atoms with Gasteiger partial charge in [0.05, 0.1) is 11.1 Å². The highest BCUT2D eigenvalue weighted by atomic mass is 32.1. The van der Waals surface area contributed by atoms with E-state index in [2.05, 4.69) is 9.88 Å². The monoisotopic (exact) mass is 222 g/mol. The Balaban J connectivity index is 1.78. The molecule has 1 saturated heterocycles. The first-order valence-corrected chi connectivity index (χ1v) is 6.27. The summed E-state index contributed by atoms with van der Waals surface area (Å²) in [7, 11) is 0. The van der Waals surface area contributed by atoms with E-state index < -0.39 is 0 Å². The lowest BCUT2D eigenvalue weighted by Gasteiger charge is -2.27. The smallest absolute Gasteiger partial charge is 0.185 e. The van der Waals surface area contributed by atoms with Crippen LogP contribution >= 0.6 is 11.3 Å². The lowest BCUT2D eigenvalue weighted by molar-refractivity contribution is 0.102. The Kier molecular flexibility index (Phi) is 2.06. The zero-order chi connectivity index (χ0) is 10.4. The van der Waals surface area contributed by atoms with Gasteiger partial charge >= 0.3 is 0 Å². The van der Waals surface area contributed by atoms with Crippen molar-refractivity contribution >= 4 is 22.3 Å². The summed E-state index contributed by atoms with van der Waals surface area (Å²) in [4.78, 5) is 18.6. The third kappa shape index (κ3) is 1.47. The van der Waals surface area contributed by atoms with Gasteiger partial charge in [-0.1, -0.05) is 11.3 Å². The van der Waals surface area contributed by atoms with E-state index in [1.165, 1.54) is 24.2 Å². The summed E-state index contributed by atoms with van der Waals surface area (Å²) in [5, 5.41) is 1.04. The Hall–Kier alpha value is -0.900. The van der Waals surface area contributed by atoms with Gasteiger partial charge in [-0.15, -0.1) is 0 Å². The average Bonchev–Trinajstić information content (AvgIpc) is 2.73. The first-order chi connectivity index (χ1) is 7.24. The standard InChI is InChI=1S/C11H14N2OS/c1-7(14)10-4-12-11(15-10)13-5-8-2-3-9(8)6-13/h4,8-9H,2-3,5-6H2,1H3. The molecule has 0 aromatic carbocycles. The largest absolute Gasteiger partial charge is 0.348 e. The number of rotatable bonds is 2. The van der Waals surface area contributed by atoms with Crippen molar-refractivity contribution in [3.63, 3.8) is 0 Å². The third-order valence-electron chi connectivity index (χ3n) is 3.60. The van der Waals surface area contributed by atoms with E-state index >= 15 is 0 Å². The van der Waals surface area contributed by atoms with Crippen molar-refractivity contribution in [2.45, 2.75) is 19.8 Å². The SMILES string of the molecule is CC(=O)c1cnc(N2CC3CCC3C2)s1. The minimum Gasteiger partial charge on any atom is -0.348 e. The van der Waals surface area contributed by atoms with Gasteiger partial charge in [-0.2, -0.15) is 0 Å². The van der Waals surface area contributed by atoms with Crippen LogP contribution in [0, 0.1) is 11.8 Å². The van der Waals surface area contributed by atoms with Crippen LogP contribution in [0.3, 0.4) is 0 Å². The lowest BCUT2D eigenvalue weighted by Crippen LogP contribution is -2.22. The number of hydrogen-bond donors (Lipinski definition) is 0. The van der Waals surface area contributed by atoms with Crippen LogP contribution in [0.15, 0.2) is 6.20 Å². The Bertz CT molecular complexity index is 389. The van der Waals surface area contributed by atoms with Gasteiger partial charge in [-0.25, -0.2) is 4.98 Å². The van der Waals surface area contributed by atoms with Crippen LogP contribution in [-0.4, -0.2) is 23.9 Å². The second-order valence-corrected chi connectivity index (χ2v) is 5.57. The first-order valence-electron chi connectivity index (χ1n) is 5.46. The van der Waals surface area contributed by atoms with Crippen LogP contribution in [0.5, 0.6) is 0 Å². The third-order valence-corrected chi connectivity index (χ3v) is 4.75. The summed E-state index contributed by atoms with van der Waals surface area (Å²) in [5.74, 6) is 1.92. The Labute approximate surface area is 93.1 Å². The number of hydrogen-bond acceptors (Lipinski definition) is 4. The van der Waals surface area contributed by atoms with Crippen molar-refractivity contribution in [2.75, 3.05) is 18.0 Å². The molecule has 0 amide bonds. The molecule has 3 rings (SSSR count). The molecule has 80 valence electrons. The van der Waals surface area contributed by atoms with E-state index in [9.17, 15) is 4.79 Å². The highest BCUT2D eigenvalue weighted by Gasteiger charge is 2.40. The topological polar surface area (TPSA) is 33.2 Å². The van der Waals surface area contributed by atoms with E-state index in [0.29, 0.717) is 0 Å². The second kappa shape index (κ2) is 3.30. The van der Waals surface area contributed by atoms with Crippen molar-refractivity contribution < 1.29 is 4.79 Å². The summed E-state index contributed by atoms with van der Waals surface area (Å²) in [6.45, 7) is 3.90. The predicted octanol–water partition coefficient (Wildman–Crippen LogP) is 2.19. The molecule has 1 aromatic heterocycles. The van der Waals surface area contributed by atoms with Crippen molar-refractivity contribution in [3.8, 4) is 0 Å². The Morgan fingerprint density at radius 3 is 2.60 bits per heavy atom. The fraction of sp³-hybridized carbons (Fsp3) is 0.636. The van der Waals surface area contributed by atoms with Crippen LogP contribution in [0.4, 0.5) is 5.13 Å². The number of ketones is 1.